The third-order valence-electron chi connectivity index (χ3n) is 1.75. The Hall–Kier alpha value is -1.93. The highest BCUT2D eigenvalue weighted by atomic mass is 19.3. The van der Waals surface area contributed by atoms with Gasteiger partial charge in [-0.2, -0.15) is 8.78 Å². The van der Waals surface area contributed by atoms with E-state index in [9.17, 15) is 22.4 Å². The Morgan fingerprint density at radius 3 is 2.50 bits per heavy atom. The first-order chi connectivity index (χ1) is 8.36. The number of nitrogens with zero attached hydrogens (tertiary/aromatic N) is 2. The van der Waals surface area contributed by atoms with E-state index in [-0.39, 0.29) is 5.69 Å². The van der Waals surface area contributed by atoms with E-state index in [2.05, 4.69) is 19.4 Å². The molecule has 1 aromatic heterocycles. The van der Waals surface area contributed by atoms with Crippen LogP contribution in [0.5, 0.6) is 5.88 Å². The van der Waals surface area contributed by atoms with Crippen LogP contribution in [0.25, 0.3) is 0 Å². The monoisotopic (exact) mass is 268 g/mol. The SMILES string of the molecule is COC(=O)c1cnc(OCC(F)(F)C(F)F)cn1. The van der Waals surface area contributed by atoms with Crippen molar-refractivity contribution < 1.29 is 31.8 Å². The standard InChI is InChI=1S/C9H8F4N2O3/c1-17-7(16)5-2-15-6(3-14-5)18-4-9(12,13)8(10)11/h2-3,8H,4H2,1H3. The normalized spacial score (nSPS) is 11.4. The van der Waals surface area contributed by atoms with Gasteiger partial charge in [0.2, 0.25) is 5.88 Å². The first-order valence-electron chi connectivity index (χ1n) is 4.56. The van der Waals surface area contributed by atoms with Crippen LogP contribution in [0.1, 0.15) is 10.5 Å². The summed E-state index contributed by atoms with van der Waals surface area (Å²) in [5, 5.41) is 0. The fourth-order valence-electron chi connectivity index (χ4n) is 0.834. The predicted octanol–water partition coefficient (Wildman–Crippen LogP) is 1.54. The van der Waals surface area contributed by atoms with Crippen molar-refractivity contribution in [1.29, 1.82) is 0 Å². The lowest BCUT2D eigenvalue weighted by atomic mass is 10.4. The van der Waals surface area contributed by atoms with E-state index in [4.69, 9.17) is 0 Å². The maximum absolute atomic E-state index is 12.5. The van der Waals surface area contributed by atoms with Crippen LogP contribution < -0.4 is 4.74 Å². The van der Waals surface area contributed by atoms with Gasteiger partial charge in [0.05, 0.1) is 19.5 Å². The predicted molar refractivity (Wildman–Crippen MR) is 49.8 cm³/mol. The molecular weight excluding hydrogens is 260 g/mol. The molecule has 1 heterocycles. The van der Waals surface area contributed by atoms with Crippen LogP contribution >= 0.6 is 0 Å². The van der Waals surface area contributed by atoms with Crippen molar-refractivity contribution in [2.24, 2.45) is 0 Å². The molecule has 0 saturated carbocycles. The van der Waals surface area contributed by atoms with Gasteiger partial charge in [-0.3, -0.25) is 0 Å². The minimum Gasteiger partial charge on any atom is -0.470 e. The van der Waals surface area contributed by atoms with E-state index in [0.29, 0.717) is 0 Å². The minimum atomic E-state index is -4.28. The van der Waals surface area contributed by atoms with Crippen LogP contribution in [0, 0.1) is 0 Å². The third kappa shape index (κ3) is 3.54. The van der Waals surface area contributed by atoms with Gasteiger partial charge in [0, 0.05) is 0 Å². The number of methoxy groups -OCH3 is 1. The molecule has 1 rings (SSSR count). The quantitative estimate of drug-likeness (QED) is 0.598. The van der Waals surface area contributed by atoms with Gasteiger partial charge in [-0.25, -0.2) is 23.5 Å². The first-order valence-corrected chi connectivity index (χ1v) is 4.56. The Bertz CT molecular complexity index is 411. The van der Waals surface area contributed by atoms with Gasteiger partial charge in [-0.1, -0.05) is 0 Å². The molecule has 0 fully saturated rings. The van der Waals surface area contributed by atoms with E-state index in [1.165, 1.54) is 0 Å². The van der Waals surface area contributed by atoms with Gasteiger partial charge >= 0.3 is 18.3 Å². The molecule has 18 heavy (non-hydrogen) atoms. The Morgan fingerprint density at radius 2 is 2.06 bits per heavy atom. The van der Waals surface area contributed by atoms with Crippen LogP contribution in [-0.4, -0.2) is 42.0 Å². The van der Waals surface area contributed by atoms with Crippen molar-refractivity contribution in [3.05, 3.63) is 18.1 Å². The van der Waals surface area contributed by atoms with Crippen molar-refractivity contribution in [3.63, 3.8) is 0 Å². The van der Waals surface area contributed by atoms with E-state index < -0.39 is 30.8 Å². The van der Waals surface area contributed by atoms with E-state index in [1.54, 1.807) is 0 Å². The molecular formula is C9H8F4N2O3. The summed E-state index contributed by atoms with van der Waals surface area (Å²) in [6, 6.07) is 0. The van der Waals surface area contributed by atoms with Crippen molar-refractivity contribution in [2.75, 3.05) is 13.7 Å². The molecule has 0 bridgehead atoms. The topological polar surface area (TPSA) is 61.3 Å². The Kier molecular flexibility index (Phi) is 4.40. The highest BCUT2D eigenvalue weighted by Gasteiger charge is 2.41. The fourth-order valence-corrected chi connectivity index (χ4v) is 0.834. The van der Waals surface area contributed by atoms with Crippen molar-refractivity contribution in [2.45, 2.75) is 12.3 Å². The summed E-state index contributed by atoms with van der Waals surface area (Å²) in [6.07, 6.45) is -2.06. The molecule has 0 N–H and O–H groups in total. The van der Waals surface area contributed by atoms with E-state index in [1.807, 2.05) is 0 Å². The second-order valence-electron chi connectivity index (χ2n) is 3.08. The molecule has 0 aliphatic heterocycles. The van der Waals surface area contributed by atoms with Crippen LogP contribution in [0.4, 0.5) is 17.6 Å². The summed E-state index contributed by atoms with van der Waals surface area (Å²) in [7, 11) is 1.12. The molecule has 0 radical (unpaired) electrons. The average molecular weight is 268 g/mol. The first kappa shape index (κ1) is 14.1. The fraction of sp³-hybridized carbons (Fsp3) is 0.444. The Balaban J connectivity index is 2.62. The van der Waals surface area contributed by atoms with E-state index >= 15 is 0 Å². The molecule has 0 aromatic carbocycles. The zero-order valence-corrected chi connectivity index (χ0v) is 9.07. The molecule has 0 amide bonds. The van der Waals surface area contributed by atoms with Crippen LogP contribution in [-0.2, 0) is 4.74 Å². The van der Waals surface area contributed by atoms with Crippen molar-refractivity contribution >= 4 is 5.97 Å². The molecule has 0 aliphatic carbocycles. The van der Waals surface area contributed by atoms with Crippen LogP contribution in [0.3, 0.4) is 0 Å². The van der Waals surface area contributed by atoms with Gasteiger partial charge in [-0.15, -0.1) is 0 Å². The number of esters is 1. The Morgan fingerprint density at radius 1 is 1.39 bits per heavy atom. The molecule has 0 saturated heterocycles. The van der Waals surface area contributed by atoms with Gasteiger partial charge in [0.25, 0.3) is 0 Å². The lowest BCUT2D eigenvalue weighted by Gasteiger charge is -2.15. The third-order valence-corrected chi connectivity index (χ3v) is 1.75. The zero-order chi connectivity index (χ0) is 13.8. The molecule has 0 atom stereocenters. The number of hydrogen-bond donors (Lipinski definition) is 0. The summed E-state index contributed by atoms with van der Waals surface area (Å²) >= 11 is 0. The van der Waals surface area contributed by atoms with Crippen molar-refractivity contribution in [1.82, 2.24) is 9.97 Å². The van der Waals surface area contributed by atoms with Crippen LogP contribution in [0.2, 0.25) is 0 Å². The maximum Gasteiger partial charge on any atom is 0.358 e. The largest absolute Gasteiger partial charge is 0.470 e. The van der Waals surface area contributed by atoms with Gasteiger partial charge in [-0.05, 0) is 0 Å². The van der Waals surface area contributed by atoms with E-state index in [0.717, 1.165) is 19.5 Å². The number of carbonyl (C=O) groups is 1. The number of halogens is 4. The maximum atomic E-state index is 12.5. The molecule has 0 spiro atoms. The minimum absolute atomic E-state index is 0.162. The molecule has 9 heteroatoms. The molecule has 0 aliphatic rings. The molecule has 5 nitrogen and oxygen atoms in total. The smallest absolute Gasteiger partial charge is 0.358 e. The van der Waals surface area contributed by atoms with Crippen molar-refractivity contribution in [3.8, 4) is 5.88 Å². The summed E-state index contributed by atoms with van der Waals surface area (Å²) in [5.41, 5.74) is -0.162. The zero-order valence-electron chi connectivity index (χ0n) is 9.07. The number of ether oxygens (including phenoxy) is 2. The number of carbonyl (C=O) groups excluding carboxylic acids is 1. The number of rotatable bonds is 5. The second-order valence-corrected chi connectivity index (χ2v) is 3.08. The highest BCUT2D eigenvalue weighted by Crippen LogP contribution is 2.23. The summed E-state index contributed by atoms with van der Waals surface area (Å²) in [5.74, 6) is -5.45. The number of hydrogen-bond acceptors (Lipinski definition) is 5. The molecule has 100 valence electrons. The summed E-state index contributed by atoms with van der Waals surface area (Å²) in [4.78, 5) is 17.9. The molecule has 0 unspecified atom stereocenters. The summed E-state index contributed by atoms with van der Waals surface area (Å²) < 4.78 is 57.3. The molecule has 1 aromatic rings. The number of alkyl halides is 4. The van der Waals surface area contributed by atoms with Gasteiger partial charge < -0.3 is 9.47 Å². The number of aromatic nitrogens is 2. The average Bonchev–Trinajstić information content (AvgIpc) is 2.36. The second kappa shape index (κ2) is 5.61. The van der Waals surface area contributed by atoms with Gasteiger partial charge in [0.15, 0.2) is 12.3 Å². The van der Waals surface area contributed by atoms with Crippen LogP contribution in [0.15, 0.2) is 12.4 Å². The van der Waals surface area contributed by atoms with Gasteiger partial charge in [0.1, 0.15) is 0 Å². The lowest BCUT2D eigenvalue weighted by Crippen LogP contribution is -2.33. The Labute approximate surface area is 98.7 Å². The highest BCUT2D eigenvalue weighted by molar-refractivity contribution is 5.86. The summed E-state index contributed by atoms with van der Waals surface area (Å²) in [6.45, 7) is -1.53. The lowest BCUT2D eigenvalue weighted by molar-refractivity contribution is -0.148.